The van der Waals surface area contributed by atoms with E-state index in [-0.39, 0.29) is 5.75 Å². The van der Waals surface area contributed by atoms with Crippen LogP contribution in [0.1, 0.15) is 12.5 Å². The summed E-state index contributed by atoms with van der Waals surface area (Å²) in [5.74, 6) is -0.0975. The molecule has 1 N–H and O–H groups in total. The quantitative estimate of drug-likeness (QED) is 0.837. The van der Waals surface area contributed by atoms with Gasteiger partial charge in [0.05, 0.1) is 15.8 Å². The summed E-state index contributed by atoms with van der Waals surface area (Å²) >= 11 is 11.6. The van der Waals surface area contributed by atoms with Crippen LogP contribution < -0.4 is 4.72 Å². The molecule has 108 valence electrons. The summed E-state index contributed by atoms with van der Waals surface area (Å²) in [6.07, 6.45) is 0. The van der Waals surface area contributed by atoms with Crippen molar-refractivity contribution in [1.82, 2.24) is 9.62 Å². The third-order valence-corrected chi connectivity index (χ3v) is 4.79. The summed E-state index contributed by atoms with van der Waals surface area (Å²) in [6, 6.07) is 4.83. The molecule has 1 aromatic rings. The van der Waals surface area contributed by atoms with Gasteiger partial charge in [-0.25, -0.2) is 13.1 Å². The van der Waals surface area contributed by atoms with E-state index in [1.807, 2.05) is 18.9 Å². The van der Waals surface area contributed by atoms with Crippen molar-refractivity contribution < 1.29 is 8.42 Å². The number of nitrogens with zero attached hydrogens (tertiary/aromatic N) is 1. The van der Waals surface area contributed by atoms with E-state index in [0.717, 1.165) is 6.54 Å². The number of hydrogen-bond donors (Lipinski definition) is 1. The van der Waals surface area contributed by atoms with Crippen molar-refractivity contribution in [2.24, 2.45) is 0 Å². The van der Waals surface area contributed by atoms with Gasteiger partial charge in [0, 0.05) is 13.1 Å². The predicted octanol–water partition coefficient (Wildman–Crippen LogP) is 2.36. The molecule has 19 heavy (non-hydrogen) atoms. The van der Waals surface area contributed by atoms with E-state index in [4.69, 9.17) is 23.2 Å². The van der Waals surface area contributed by atoms with E-state index in [0.29, 0.717) is 28.7 Å². The first-order chi connectivity index (χ1) is 8.84. The molecule has 0 amide bonds. The minimum absolute atomic E-state index is 0.0975. The van der Waals surface area contributed by atoms with Crippen molar-refractivity contribution in [1.29, 1.82) is 0 Å². The van der Waals surface area contributed by atoms with Crippen molar-refractivity contribution in [2.75, 3.05) is 26.7 Å². The van der Waals surface area contributed by atoms with E-state index in [2.05, 4.69) is 4.72 Å². The van der Waals surface area contributed by atoms with Crippen molar-refractivity contribution in [3.8, 4) is 0 Å². The molecule has 0 unspecified atom stereocenters. The minimum Gasteiger partial charge on any atom is -0.305 e. The first kappa shape index (κ1) is 16.7. The fourth-order valence-corrected chi connectivity index (χ4v) is 2.89. The number of benzene rings is 1. The van der Waals surface area contributed by atoms with Gasteiger partial charge in [0.2, 0.25) is 10.0 Å². The molecule has 0 heterocycles. The van der Waals surface area contributed by atoms with Gasteiger partial charge in [0.15, 0.2) is 0 Å². The van der Waals surface area contributed by atoms with Crippen LogP contribution in [0.4, 0.5) is 0 Å². The molecular weight excluding hydrogens is 307 g/mol. The molecule has 0 bridgehead atoms. The first-order valence-electron chi connectivity index (χ1n) is 5.94. The molecule has 1 aromatic carbocycles. The molecular formula is C12H18Cl2N2O2S. The van der Waals surface area contributed by atoms with Crippen molar-refractivity contribution >= 4 is 33.2 Å². The minimum atomic E-state index is -3.35. The van der Waals surface area contributed by atoms with Crippen LogP contribution in [0, 0.1) is 0 Å². The predicted molar refractivity (Wildman–Crippen MR) is 80.3 cm³/mol. The number of halogens is 2. The zero-order valence-corrected chi connectivity index (χ0v) is 13.3. The highest BCUT2D eigenvalue weighted by molar-refractivity contribution is 7.88. The van der Waals surface area contributed by atoms with Gasteiger partial charge in [-0.1, -0.05) is 36.2 Å². The molecule has 0 saturated heterocycles. The van der Waals surface area contributed by atoms with E-state index in [1.54, 1.807) is 18.2 Å². The Morgan fingerprint density at radius 3 is 2.53 bits per heavy atom. The summed E-state index contributed by atoms with van der Waals surface area (Å²) < 4.78 is 26.3. The zero-order valence-electron chi connectivity index (χ0n) is 11.0. The average molecular weight is 325 g/mol. The van der Waals surface area contributed by atoms with Gasteiger partial charge in [0.25, 0.3) is 0 Å². The highest BCUT2D eigenvalue weighted by Gasteiger charge is 2.12. The van der Waals surface area contributed by atoms with Crippen molar-refractivity contribution in [3.05, 3.63) is 33.8 Å². The molecule has 1 rings (SSSR count). The molecule has 0 spiro atoms. The summed E-state index contributed by atoms with van der Waals surface area (Å²) in [4.78, 5) is 2.03. The van der Waals surface area contributed by atoms with E-state index >= 15 is 0 Å². The lowest BCUT2D eigenvalue weighted by Crippen LogP contribution is -2.33. The highest BCUT2D eigenvalue weighted by atomic mass is 35.5. The number of rotatable bonds is 7. The second kappa shape index (κ2) is 7.45. The fourth-order valence-electron chi connectivity index (χ4n) is 1.45. The van der Waals surface area contributed by atoms with Gasteiger partial charge in [0.1, 0.15) is 0 Å². The fraction of sp³-hybridized carbons (Fsp3) is 0.500. The van der Waals surface area contributed by atoms with Gasteiger partial charge in [-0.2, -0.15) is 0 Å². The van der Waals surface area contributed by atoms with Gasteiger partial charge < -0.3 is 4.90 Å². The summed E-state index contributed by atoms with van der Waals surface area (Å²) in [5, 5.41) is 0.778. The van der Waals surface area contributed by atoms with Crippen LogP contribution in [0.25, 0.3) is 0 Å². The average Bonchev–Trinajstić information content (AvgIpc) is 2.33. The molecule has 0 fully saturated rings. The first-order valence-corrected chi connectivity index (χ1v) is 8.34. The lowest BCUT2D eigenvalue weighted by Gasteiger charge is -2.14. The zero-order chi connectivity index (χ0) is 14.5. The Hall–Kier alpha value is -0.330. The molecule has 4 nitrogen and oxygen atoms in total. The lowest BCUT2D eigenvalue weighted by atomic mass is 10.2. The molecule has 0 aliphatic rings. The summed E-state index contributed by atoms with van der Waals surface area (Å²) in [6.45, 7) is 3.98. The molecule has 0 atom stereocenters. The Morgan fingerprint density at radius 2 is 1.95 bits per heavy atom. The van der Waals surface area contributed by atoms with E-state index < -0.39 is 10.0 Å². The van der Waals surface area contributed by atoms with E-state index in [9.17, 15) is 8.42 Å². The van der Waals surface area contributed by atoms with Crippen LogP contribution in [-0.4, -0.2) is 40.0 Å². The third-order valence-electron chi connectivity index (χ3n) is 2.70. The maximum absolute atomic E-state index is 11.9. The Balaban J connectivity index is 2.56. The second-order valence-corrected chi connectivity index (χ2v) is 6.92. The van der Waals surface area contributed by atoms with Gasteiger partial charge in [-0.3, -0.25) is 0 Å². The molecule has 0 aliphatic carbocycles. The molecule has 0 aliphatic heterocycles. The van der Waals surface area contributed by atoms with Crippen molar-refractivity contribution in [3.63, 3.8) is 0 Å². The van der Waals surface area contributed by atoms with Gasteiger partial charge >= 0.3 is 0 Å². The number of hydrogen-bond acceptors (Lipinski definition) is 3. The molecule has 7 heteroatoms. The summed E-state index contributed by atoms with van der Waals surface area (Å²) in [7, 11) is -1.41. The SMILES string of the molecule is CCN(C)CCNS(=O)(=O)Cc1ccc(Cl)c(Cl)c1. The molecule has 0 aromatic heterocycles. The normalized spacial score (nSPS) is 12.1. The number of nitrogens with one attached hydrogen (secondary N) is 1. The standard InChI is InChI=1S/C12H18Cl2N2O2S/c1-3-16(2)7-6-15-19(17,18)9-10-4-5-11(13)12(14)8-10/h4-5,8,15H,3,6-7,9H2,1-2H3. The van der Waals surface area contributed by atoms with Gasteiger partial charge in [-0.05, 0) is 31.3 Å². The van der Waals surface area contributed by atoms with Crippen LogP contribution >= 0.6 is 23.2 Å². The Labute approximate surface area is 124 Å². The van der Waals surface area contributed by atoms with E-state index in [1.165, 1.54) is 0 Å². The maximum Gasteiger partial charge on any atom is 0.215 e. The van der Waals surface area contributed by atoms with Gasteiger partial charge in [-0.15, -0.1) is 0 Å². The third kappa shape index (κ3) is 6.10. The van der Waals surface area contributed by atoms with Crippen LogP contribution in [0.2, 0.25) is 10.0 Å². The molecule has 0 saturated carbocycles. The van der Waals surface area contributed by atoms with Crippen LogP contribution in [-0.2, 0) is 15.8 Å². The number of sulfonamides is 1. The smallest absolute Gasteiger partial charge is 0.215 e. The van der Waals surface area contributed by atoms with Crippen LogP contribution in [0.15, 0.2) is 18.2 Å². The Morgan fingerprint density at radius 1 is 1.26 bits per heavy atom. The molecule has 0 radical (unpaired) electrons. The summed E-state index contributed by atoms with van der Waals surface area (Å²) in [5.41, 5.74) is 0.616. The topological polar surface area (TPSA) is 49.4 Å². The largest absolute Gasteiger partial charge is 0.305 e. The highest BCUT2D eigenvalue weighted by Crippen LogP contribution is 2.23. The Kier molecular flexibility index (Phi) is 6.56. The second-order valence-electron chi connectivity index (χ2n) is 4.30. The van der Waals surface area contributed by atoms with Crippen molar-refractivity contribution in [2.45, 2.75) is 12.7 Å². The lowest BCUT2D eigenvalue weighted by molar-refractivity contribution is 0.358. The maximum atomic E-state index is 11.9. The number of likely N-dealkylation sites (N-methyl/N-ethyl adjacent to an activating group) is 1. The van der Waals surface area contributed by atoms with Crippen LogP contribution in [0.3, 0.4) is 0 Å². The Bertz CT molecular complexity index is 520. The van der Waals surface area contributed by atoms with Crippen LogP contribution in [0.5, 0.6) is 0 Å². The monoisotopic (exact) mass is 324 g/mol.